The van der Waals surface area contributed by atoms with Gasteiger partial charge in [0.25, 0.3) is 17.1 Å². The van der Waals surface area contributed by atoms with E-state index in [1.807, 2.05) is 13.0 Å². The molecule has 3 N–H and O–H groups in total. The fourth-order valence-electron chi connectivity index (χ4n) is 2.97. The van der Waals surface area contributed by atoms with Crippen molar-refractivity contribution < 1.29 is 14.1 Å². The number of carbonyl (C=O) groups is 1. The number of ether oxygens (including phenoxy) is 1. The van der Waals surface area contributed by atoms with Gasteiger partial charge in [-0.2, -0.15) is 0 Å². The molecule has 0 unspecified atom stereocenters. The van der Waals surface area contributed by atoms with Gasteiger partial charge in [0.2, 0.25) is 11.5 Å². The highest BCUT2D eigenvalue weighted by Crippen LogP contribution is 2.14. The summed E-state index contributed by atoms with van der Waals surface area (Å²) in [5.74, 6) is -0.0349. The number of hydrogen-bond acceptors (Lipinski definition) is 5. The summed E-state index contributed by atoms with van der Waals surface area (Å²) in [6.45, 7) is 3.36. The highest BCUT2D eigenvalue weighted by atomic mass is 16.5. The summed E-state index contributed by atoms with van der Waals surface area (Å²) in [6, 6.07) is 6.86. The van der Waals surface area contributed by atoms with Crippen molar-refractivity contribution in [2.24, 2.45) is 0 Å². The Morgan fingerprint density at radius 1 is 1.41 bits per heavy atom. The van der Waals surface area contributed by atoms with Gasteiger partial charge in [-0.1, -0.05) is 24.4 Å². The molecule has 0 saturated carbocycles. The standard InChI is InChI=1S/C19H23N5O3/c1-3-4-8-21-18(25)13-12-14-17(24(16(13)20)10-11-27-2)22-15-7-5-6-9-23(15)19(14)26/h5-7,9,12,20H,3-4,8,10-11H2,1-2H3,(H,21,25)/p+1. The molecule has 27 heavy (non-hydrogen) atoms. The fraction of sp³-hybridized carbons (Fsp3) is 0.368. The van der Waals surface area contributed by atoms with Crippen molar-refractivity contribution in [1.29, 1.82) is 0 Å². The van der Waals surface area contributed by atoms with Gasteiger partial charge >= 0.3 is 0 Å². The molecular formula is C19H24N5O3+. The minimum Gasteiger partial charge on any atom is -0.381 e. The summed E-state index contributed by atoms with van der Waals surface area (Å²) in [6.07, 6.45) is 3.50. The van der Waals surface area contributed by atoms with Gasteiger partial charge in [-0.25, -0.2) is 4.57 Å². The second kappa shape index (κ2) is 8.13. The first-order chi connectivity index (χ1) is 13.1. The average molecular weight is 370 g/mol. The zero-order valence-electron chi connectivity index (χ0n) is 15.6. The molecule has 3 rings (SSSR count). The molecule has 8 nitrogen and oxygen atoms in total. The molecule has 0 aliphatic carbocycles. The van der Waals surface area contributed by atoms with E-state index in [-0.39, 0.29) is 22.8 Å². The number of nitrogens with zero attached hydrogens (tertiary/aromatic N) is 3. The number of aromatic nitrogens is 3. The lowest BCUT2D eigenvalue weighted by Gasteiger charge is -2.12. The molecule has 0 spiro atoms. The monoisotopic (exact) mass is 370 g/mol. The van der Waals surface area contributed by atoms with Crippen LogP contribution >= 0.6 is 0 Å². The van der Waals surface area contributed by atoms with Crippen LogP contribution in [0.15, 0.2) is 35.3 Å². The van der Waals surface area contributed by atoms with E-state index in [1.165, 1.54) is 10.5 Å². The van der Waals surface area contributed by atoms with Crippen molar-refractivity contribution in [3.8, 4) is 0 Å². The molecular weight excluding hydrogens is 346 g/mol. The van der Waals surface area contributed by atoms with Crippen molar-refractivity contribution in [3.05, 3.63) is 46.4 Å². The lowest BCUT2D eigenvalue weighted by Crippen LogP contribution is -2.44. The van der Waals surface area contributed by atoms with Crippen LogP contribution in [0.4, 0.5) is 5.82 Å². The minimum atomic E-state index is -0.299. The normalized spacial score (nSPS) is 11.2. The van der Waals surface area contributed by atoms with E-state index in [0.717, 1.165) is 12.8 Å². The summed E-state index contributed by atoms with van der Waals surface area (Å²) in [4.78, 5) is 30.2. The number of nitrogen functional groups attached to an aromatic ring is 1. The third-order valence-electron chi connectivity index (χ3n) is 4.44. The van der Waals surface area contributed by atoms with Crippen LogP contribution in [0.2, 0.25) is 0 Å². The molecule has 0 aromatic carbocycles. The molecule has 0 saturated heterocycles. The molecule has 8 heteroatoms. The predicted molar refractivity (Wildman–Crippen MR) is 103 cm³/mol. The van der Waals surface area contributed by atoms with Crippen LogP contribution in [0.3, 0.4) is 0 Å². The highest BCUT2D eigenvalue weighted by Gasteiger charge is 2.24. The van der Waals surface area contributed by atoms with Gasteiger partial charge < -0.3 is 15.8 Å². The van der Waals surface area contributed by atoms with Crippen LogP contribution < -0.4 is 21.2 Å². The Bertz CT molecular complexity index is 1040. The number of amides is 1. The first-order valence-electron chi connectivity index (χ1n) is 8.99. The van der Waals surface area contributed by atoms with Crippen molar-refractivity contribution in [1.82, 2.24) is 14.7 Å². The summed E-state index contributed by atoms with van der Waals surface area (Å²) >= 11 is 0. The van der Waals surface area contributed by atoms with E-state index in [1.54, 1.807) is 30.0 Å². The van der Waals surface area contributed by atoms with Crippen molar-refractivity contribution in [3.63, 3.8) is 0 Å². The highest BCUT2D eigenvalue weighted by molar-refractivity contribution is 6.00. The Kier molecular flexibility index (Phi) is 5.66. The van der Waals surface area contributed by atoms with Crippen LogP contribution in [0.25, 0.3) is 16.7 Å². The maximum absolute atomic E-state index is 13.0. The number of methoxy groups -OCH3 is 1. The summed E-state index contributed by atoms with van der Waals surface area (Å²) in [5.41, 5.74) is 7.26. The number of hydrogen-bond donors (Lipinski definition) is 2. The van der Waals surface area contributed by atoms with E-state index >= 15 is 0 Å². The van der Waals surface area contributed by atoms with Gasteiger partial charge in [-0.15, -0.1) is 0 Å². The molecule has 3 aromatic rings. The Labute approximate surface area is 156 Å². The Hall–Kier alpha value is -3.00. The number of anilines is 1. The number of fused-ring (bicyclic) bond motifs is 2. The van der Waals surface area contributed by atoms with E-state index in [2.05, 4.69) is 10.3 Å². The lowest BCUT2D eigenvalue weighted by atomic mass is 10.1. The molecule has 0 radical (unpaired) electrons. The van der Waals surface area contributed by atoms with E-state index in [0.29, 0.717) is 36.4 Å². The van der Waals surface area contributed by atoms with Crippen LogP contribution in [0.1, 0.15) is 30.1 Å². The lowest BCUT2D eigenvalue weighted by molar-refractivity contribution is -0.660. The van der Waals surface area contributed by atoms with Crippen LogP contribution in [0, 0.1) is 0 Å². The minimum absolute atomic E-state index is 0.246. The van der Waals surface area contributed by atoms with Crippen molar-refractivity contribution in [2.45, 2.75) is 26.3 Å². The number of rotatable bonds is 7. The van der Waals surface area contributed by atoms with E-state index in [9.17, 15) is 9.59 Å². The SMILES string of the molecule is CCCCNC(=O)c1cc2c(=O)n3ccccc3nc2[n+](CCOC)c1N. The first-order valence-corrected chi connectivity index (χ1v) is 8.99. The number of nitrogens with one attached hydrogen (secondary N) is 1. The van der Waals surface area contributed by atoms with Crippen molar-refractivity contribution >= 4 is 28.4 Å². The molecule has 0 bridgehead atoms. The molecule has 0 fully saturated rings. The Morgan fingerprint density at radius 3 is 2.96 bits per heavy atom. The molecule has 0 atom stereocenters. The Morgan fingerprint density at radius 2 is 2.22 bits per heavy atom. The van der Waals surface area contributed by atoms with Crippen LogP contribution in [0.5, 0.6) is 0 Å². The summed E-state index contributed by atoms with van der Waals surface area (Å²) in [7, 11) is 1.58. The maximum atomic E-state index is 13.0. The quantitative estimate of drug-likeness (QED) is 0.365. The summed E-state index contributed by atoms with van der Waals surface area (Å²) in [5, 5.41) is 3.19. The van der Waals surface area contributed by atoms with Crippen LogP contribution in [-0.4, -0.2) is 35.6 Å². The van der Waals surface area contributed by atoms with Gasteiger partial charge in [-0.3, -0.25) is 14.0 Å². The largest absolute Gasteiger partial charge is 0.381 e. The third kappa shape index (κ3) is 3.61. The molecule has 3 aromatic heterocycles. The van der Waals surface area contributed by atoms with Gasteiger partial charge in [0.15, 0.2) is 0 Å². The zero-order chi connectivity index (χ0) is 19.4. The molecule has 0 aliphatic heterocycles. The average Bonchev–Trinajstić information content (AvgIpc) is 2.67. The molecule has 0 aliphatic rings. The number of pyridine rings is 2. The fourth-order valence-corrected chi connectivity index (χ4v) is 2.97. The molecule has 1 amide bonds. The van der Waals surface area contributed by atoms with Gasteiger partial charge in [0.05, 0.1) is 13.2 Å². The predicted octanol–water partition coefficient (Wildman–Crippen LogP) is 0.894. The second-order valence-corrected chi connectivity index (χ2v) is 6.28. The topological polar surface area (TPSA) is 103 Å². The smallest absolute Gasteiger partial charge is 0.278 e. The molecule has 3 heterocycles. The van der Waals surface area contributed by atoms with Crippen LogP contribution in [-0.2, 0) is 11.3 Å². The number of carbonyl (C=O) groups excluding carboxylic acids is 1. The van der Waals surface area contributed by atoms with Gasteiger partial charge in [0, 0.05) is 19.9 Å². The zero-order valence-corrected chi connectivity index (χ0v) is 15.6. The third-order valence-corrected chi connectivity index (χ3v) is 4.44. The summed E-state index contributed by atoms with van der Waals surface area (Å²) < 4.78 is 8.28. The van der Waals surface area contributed by atoms with Gasteiger partial charge in [-0.05, 0) is 24.6 Å². The Balaban J connectivity index is 2.23. The van der Waals surface area contributed by atoms with Gasteiger partial charge in [0.1, 0.15) is 10.9 Å². The van der Waals surface area contributed by atoms with E-state index in [4.69, 9.17) is 10.5 Å². The second-order valence-electron chi connectivity index (χ2n) is 6.28. The first kappa shape index (κ1) is 18.8. The molecule has 142 valence electrons. The van der Waals surface area contributed by atoms with Crippen molar-refractivity contribution in [2.75, 3.05) is 26.0 Å². The van der Waals surface area contributed by atoms with E-state index < -0.39 is 0 Å². The number of unbranched alkanes of at least 4 members (excludes halogenated alkanes) is 1. The number of nitrogens with two attached hydrogens (primary N) is 1. The maximum Gasteiger partial charge on any atom is 0.278 e.